The average molecular weight is 297 g/mol. The van der Waals surface area contributed by atoms with E-state index in [2.05, 4.69) is 64.3 Å². The van der Waals surface area contributed by atoms with Gasteiger partial charge < -0.3 is 10.2 Å². The fraction of sp³-hybridized carbons (Fsp3) is 0.571. The second kappa shape index (κ2) is 5.40. The molecule has 0 bridgehead atoms. The SMILES string of the molecule is CC1(C)CNCCCN(c2cccc(Br)c2)C1. The van der Waals surface area contributed by atoms with E-state index >= 15 is 0 Å². The summed E-state index contributed by atoms with van der Waals surface area (Å²) < 4.78 is 1.16. The van der Waals surface area contributed by atoms with E-state index in [9.17, 15) is 0 Å². The smallest absolute Gasteiger partial charge is 0.0377 e. The van der Waals surface area contributed by atoms with Gasteiger partial charge in [0.25, 0.3) is 0 Å². The molecule has 1 aromatic carbocycles. The summed E-state index contributed by atoms with van der Waals surface area (Å²) >= 11 is 3.55. The largest absolute Gasteiger partial charge is 0.371 e. The highest BCUT2D eigenvalue weighted by molar-refractivity contribution is 9.10. The Bertz CT molecular complexity index is 376. The zero-order chi connectivity index (χ0) is 12.3. The van der Waals surface area contributed by atoms with E-state index in [0.29, 0.717) is 5.41 Å². The predicted molar refractivity (Wildman–Crippen MR) is 77.6 cm³/mol. The third-order valence-electron chi connectivity index (χ3n) is 3.18. The summed E-state index contributed by atoms with van der Waals surface area (Å²) in [6.07, 6.45) is 1.21. The summed E-state index contributed by atoms with van der Waals surface area (Å²) in [5, 5.41) is 3.52. The first-order valence-corrected chi connectivity index (χ1v) is 7.07. The maximum absolute atomic E-state index is 3.55. The molecule has 0 amide bonds. The molecule has 0 unspecified atom stereocenters. The lowest BCUT2D eigenvalue weighted by Crippen LogP contribution is -2.44. The third kappa shape index (κ3) is 3.71. The van der Waals surface area contributed by atoms with Crippen LogP contribution >= 0.6 is 15.9 Å². The van der Waals surface area contributed by atoms with Crippen molar-refractivity contribution in [2.45, 2.75) is 20.3 Å². The van der Waals surface area contributed by atoms with Crippen LogP contribution in [0.2, 0.25) is 0 Å². The van der Waals surface area contributed by atoms with Gasteiger partial charge in [-0.15, -0.1) is 0 Å². The minimum absolute atomic E-state index is 0.322. The molecule has 0 radical (unpaired) electrons. The first kappa shape index (κ1) is 12.9. The van der Waals surface area contributed by atoms with Gasteiger partial charge in [0.05, 0.1) is 0 Å². The first-order valence-electron chi connectivity index (χ1n) is 6.28. The molecule has 1 N–H and O–H groups in total. The van der Waals surface area contributed by atoms with Gasteiger partial charge in [-0.3, -0.25) is 0 Å². The van der Waals surface area contributed by atoms with Crippen LogP contribution in [0.25, 0.3) is 0 Å². The number of hydrogen-bond acceptors (Lipinski definition) is 2. The summed E-state index contributed by atoms with van der Waals surface area (Å²) in [7, 11) is 0. The molecule has 1 aromatic rings. The van der Waals surface area contributed by atoms with Crippen LogP contribution in [-0.2, 0) is 0 Å². The Kier molecular flexibility index (Phi) is 4.10. The van der Waals surface area contributed by atoms with E-state index in [-0.39, 0.29) is 0 Å². The molecular formula is C14H21BrN2. The molecule has 0 aliphatic carbocycles. The van der Waals surface area contributed by atoms with Crippen LogP contribution in [0.3, 0.4) is 0 Å². The highest BCUT2D eigenvalue weighted by Crippen LogP contribution is 2.25. The first-order chi connectivity index (χ1) is 8.07. The minimum Gasteiger partial charge on any atom is -0.371 e. The van der Waals surface area contributed by atoms with Gasteiger partial charge in [-0.25, -0.2) is 0 Å². The molecule has 1 aliphatic rings. The van der Waals surface area contributed by atoms with E-state index in [4.69, 9.17) is 0 Å². The Morgan fingerprint density at radius 2 is 2.18 bits per heavy atom. The second-order valence-electron chi connectivity index (χ2n) is 5.60. The zero-order valence-corrected chi connectivity index (χ0v) is 12.3. The Hall–Kier alpha value is -0.540. The van der Waals surface area contributed by atoms with Crippen LogP contribution in [0.5, 0.6) is 0 Å². The molecular weight excluding hydrogens is 276 g/mol. The Balaban J connectivity index is 2.17. The summed E-state index contributed by atoms with van der Waals surface area (Å²) in [4.78, 5) is 2.51. The quantitative estimate of drug-likeness (QED) is 0.856. The molecule has 1 fully saturated rings. The molecule has 1 heterocycles. The van der Waals surface area contributed by atoms with E-state index < -0.39 is 0 Å². The van der Waals surface area contributed by atoms with E-state index in [1.807, 2.05) is 0 Å². The van der Waals surface area contributed by atoms with Crippen LogP contribution in [0, 0.1) is 5.41 Å². The van der Waals surface area contributed by atoms with Crippen LogP contribution in [0.1, 0.15) is 20.3 Å². The molecule has 2 nitrogen and oxygen atoms in total. The Labute approximate surface area is 113 Å². The van der Waals surface area contributed by atoms with Gasteiger partial charge >= 0.3 is 0 Å². The molecule has 94 valence electrons. The normalized spacial score (nSPS) is 20.8. The van der Waals surface area contributed by atoms with E-state index in [0.717, 1.165) is 30.7 Å². The molecule has 0 aromatic heterocycles. The topological polar surface area (TPSA) is 15.3 Å². The number of nitrogens with one attached hydrogen (secondary N) is 1. The predicted octanol–water partition coefficient (Wildman–Crippen LogP) is 3.28. The average Bonchev–Trinajstić information content (AvgIpc) is 2.24. The number of benzene rings is 1. The number of anilines is 1. The number of rotatable bonds is 1. The van der Waals surface area contributed by atoms with Crippen molar-refractivity contribution >= 4 is 21.6 Å². The highest BCUT2D eigenvalue weighted by atomic mass is 79.9. The van der Waals surface area contributed by atoms with Gasteiger partial charge in [0, 0.05) is 29.8 Å². The fourth-order valence-corrected chi connectivity index (χ4v) is 2.75. The van der Waals surface area contributed by atoms with E-state index in [1.165, 1.54) is 12.1 Å². The molecule has 2 rings (SSSR count). The van der Waals surface area contributed by atoms with Gasteiger partial charge in [-0.2, -0.15) is 0 Å². The van der Waals surface area contributed by atoms with Crippen molar-refractivity contribution in [3.05, 3.63) is 28.7 Å². The van der Waals surface area contributed by atoms with Gasteiger partial charge in [0.2, 0.25) is 0 Å². The molecule has 1 aliphatic heterocycles. The highest BCUT2D eigenvalue weighted by Gasteiger charge is 2.23. The van der Waals surface area contributed by atoms with Crippen molar-refractivity contribution in [2.24, 2.45) is 5.41 Å². The van der Waals surface area contributed by atoms with Crippen molar-refractivity contribution in [1.82, 2.24) is 5.32 Å². The van der Waals surface area contributed by atoms with Crippen molar-refractivity contribution in [2.75, 3.05) is 31.1 Å². The summed E-state index contributed by atoms with van der Waals surface area (Å²) in [5.41, 5.74) is 1.65. The number of nitrogens with zero attached hydrogens (tertiary/aromatic N) is 1. The van der Waals surface area contributed by atoms with Crippen molar-refractivity contribution in [3.63, 3.8) is 0 Å². The Morgan fingerprint density at radius 3 is 2.94 bits per heavy atom. The number of halogens is 1. The molecule has 0 saturated carbocycles. The van der Waals surface area contributed by atoms with Gasteiger partial charge in [-0.1, -0.05) is 35.8 Å². The second-order valence-corrected chi connectivity index (χ2v) is 6.51. The lowest BCUT2D eigenvalue weighted by molar-refractivity contribution is 0.325. The van der Waals surface area contributed by atoms with Crippen LogP contribution in [0.15, 0.2) is 28.7 Å². The van der Waals surface area contributed by atoms with Crippen LogP contribution in [0.4, 0.5) is 5.69 Å². The van der Waals surface area contributed by atoms with Crippen molar-refractivity contribution in [1.29, 1.82) is 0 Å². The third-order valence-corrected chi connectivity index (χ3v) is 3.67. The van der Waals surface area contributed by atoms with E-state index in [1.54, 1.807) is 0 Å². The molecule has 0 spiro atoms. The van der Waals surface area contributed by atoms with Gasteiger partial charge in [0.1, 0.15) is 0 Å². The lowest BCUT2D eigenvalue weighted by Gasteiger charge is -2.36. The van der Waals surface area contributed by atoms with Gasteiger partial charge in [-0.05, 0) is 36.6 Å². The molecule has 17 heavy (non-hydrogen) atoms. The summed E-state index contributed by atoms with van der Waals surface area (Å²) in [6.45, 7) is 9.11. The summed E-state index contributed by atoms with van der Waals surface area (Å²) in [6, 6.07) is 8.62. The van der Waals surface area contributed by atoms with Crippen LogP contribution in [-0.4, -0.2) is 26.2 Å². The molecule has 3 heteroatoms. The van der Waals surface area contributed by atoms with Crippen LogP contribution < -0.4 is 10.2 Å². The minimum atomic E-state index is 0.322. The van der Waals surface area contributed by atoms with Crippen molar-refractivity contribution in [3.8, 4) is 0 Å². The maximum atomic E-state index is 3.55. The molecule has 1 saturated heterocycles. The van der Waals surface area contributed by atoms with Crippen molar-refractivity contribution < 1.29 is 0 Å². The fourth-order valence-electron chi connectivity index (χ4n) is 2.37. The standard InChI is InChI=1S/C14H21BrN2/c1-14(2)10-16-7-4-8-17(11-14)13-6-3-5-12(15)9-13/h3,5-6,9,16H,4,7-8,10-11H2,1-2H3. The zero-order valence-electron chi connectivity index (χ0n) is 10.7. The lowest BCUT2D eigenvalue weighted by atomic mass is 9.91. The monoisotopic (exact) mass is 296 g/mol. The Morgan fingerprint density at radius 1 is 1.35 bits per heavy atom. The summed E-state index contributed by atoms with van der Waals surface area (Å²) in [5.74, 6) is 0. The van der Waals surface area contributed by atoms with Gasteiger partial charge in [0.15, 0.2) is 0 Å². The maximum Gasteiger partial charge on any atom is 0.0377 e. The molecule has 0 atom stereocenters. The number of hydrogen-bond donors (Lipinski definition) is 1.